The third kappa shape index (κ3) is 15.3. The molecule has 0 aromatic heterocycles. The van der Waals surface area contributed by atoms with Crippen LogP contribution in [0.5, 0.6) is 0 Å². The molecule has 0 spiro atoms. The first-order valence-electron chi connectivity index (χ1n) is 8.50. The second-order valence-electron chi connectivity index (χ2n) is 5.60. The molecule has 0 aromatic rings. The van der Waals surface area contributed by atoms with Crippen molar-refractivity contribution in [1.29, 1.82) is 0 Å². The van der Waals surface area contributed by atoms with E-state index in [2.05, 4.69) is 22.5 Å². The lowest BCUT2D eigenvalue weighted by Gasteiger charge is -2.13. The van der Waals surface area contributed by atoms with Crippen molar-refractivity contribution in [2.45, 2.75) is 51.6 Å². The van der Waals surface area contributed by atoms with Crippen LogP contribution in [0.15, 0.2) is 12.7 Å². The highest BCUT2D eigenvalue weighted by Crippen LogP contribution is 2.08. The highest BCUT2D eigenvalue weighted by Gasteiger charge is 2.07. The van der Waals surface area contributed by atoms with E-state index >= 15 is 0 Å². The van der Waals surface area contributed by atoms with E-state index in [0.717, 1.165) is 38.6 Å². The second-order valence-corrected chi connectivity index (χ2v) is 5.60. The number of carbonyl (C=O) groups excluding carboxylic acids is 2. The molecule has 0 aliphatic carbocycles. The Kier molecular flexibility index (Phi) is 14.6. The number of amides is 2. The van der Waals surface area contributed by atoms with Crippen molar-refractivity contribution in [3.05, 3.63) is 12.7 Å². The molecule has 0 bridgehead atoms. The number of allylic oxidation sites excluding steroid dienone is 1. The fourth-order valence-electron chi connectivity index (χ4n) is 1.98. The molecule has 0 saturated carbocycles. The number of hydrogen-bond donors (Lipinski definition) is 3. The molecule has 0 aliphatic heterocycles. The minimum Gasteiger partial charge on any atom is -0.369 e. The van der Waals surface area contributed by atoms with E-state index in [1.165, 1.54) is 0 Å². The Morgan fingerprint density at radius 1 is 1.09 bits per heavy atom. The first-order chi connectivity index (χ1) is 11.1. The summed E-state index contributed by atoms with van der Waals surface area (Å²) >= 11 is 0. The summed E-state index contributed by atoms with van der Waals surface area (Å²) in [6, 6.07) is 0. The maximum absolute atomic E-state index is 11.6. The van der Waals surface area contributed by atoms with Gasteiger partial charge in [-0.2, -0.15) is 0 Å². The van der Waals surface area contributed by atoms with E-state index < -0.39 is 0 Å². The first kappa shape index (κ1) is 21.6. The molecule has 0 aliphatic rings. The maximum atomic E-state index is 11.6. The minimum atomic E-state index is -0.175. The molecule has 1 atom stereocenters. The summed E-state index contributed by atoms with van der Waals surface area (Å²) in [6.07, 6.45) is 7.73. The van der Waals surface area contributed by atoms with Gasteiger partial charge in [-0.15, -0.1) is 6.58 Å². The molecule has 0 saturated heterocycles. The van der Waals surface area contributed by atoms with Crippen LogP contribution in [0.2, 0.25) is 0 Å². The molecule has 0 heterocycles. The summed E-state index contributed by atoms with van der Waals surface area (Å²) in [6.45, 7) is 7.40. The average molecular weight is 327 g/mol. The Morgan fingerprint density at radius 3 is 2.52 bits per heavy atom. The number of unbranched alkanes of at least 4 members (excludes halogenated alkanes) is 3. The largest absolute Gasteiger partial charge is 0.369 e. The van der Waals surface area contributed by atoms with Crippen LogP contribution >= 0.6 is 0 Å². The number of likely N-dealkylation sites (N-methyl/N-ethyl adjacent to an activating group) is 1. The van der Waals surface area contributed by atoms with Gasteiger partial charge < -0.3 is 20.7 Å². The fraction of sp³-hybridized carbons (Fsp3) is 0.765. The normalized spacial score (nSPS) is 11.7. The van der Waals surface area contributed by atoms with Crippen molar-refractivity contribution in [3.63, 3.8) is 0 Å². The van der Waals surface area contributed by atoms with Crippen LogP contribution in [0, 0.1) is 0 Å². The highest BCUT2D eigenvalue weighted by molar-refractivity contribution is 5.79. The summed E-state index contributed by atoms with van der Waals surface area (Å²) in [5.74, 6) is -0.235. The van der Waals surface area contributed by atoms with Crippen LogP contribution in [-0.2, 0) is 14.3 Å². The predicted octanol–water partition coefficient (Wildman–Crippen LogP) is 1.37. The Labute approximate surface area is 140 Å². The Bertz CT molecular complexity index is 335. The average Bonchev–Trinajstić information content (AvgIpc) is 2.53. The van der Waals surface area contributed by atoms with Gasteiger partial charge in [-0.25, -0.2) is 0 Å². The molecule has 0 rings (SSSR count). The lowest BCUT2D eigenvalue weighted by molar-refractivity contribution is -0.127. The summed E-state index contributed by atoms with van der Waals surface area (Å²) in [5.41, 5.74) is 0. The van der Waals surface area contributed by atoms with E-state index in [9.17, 15) is 9.59 Å². The molecule has 134 valence electrons. The van der Waals surface area contributed by atoms with Crippen LogP contribution in [0.1, 0.15) is 45.4 Å². The molecule has 0 fully saturated rings. The quantitative estimate of drug-likeness (QED) is 0.313. The Hall–Kier alpha value is -1.40. The van der Waals surface area contributed by atoms with E-state index in [-0.39, 0.29) is 30.9 Å². The van der Waals surface area contributed by atoms with Gasteiger partial charge in [0.15, 0.2) is 0 Å². The molecule has 0 radical (unpaired) electrons. The maximum Gasteiger partial charge on any atom is 0.246 e. The molecular weight excluding hydrogens is 294 g/mol. The summed E-state index contributed by atoms with van der Waals surface area (Å²) in [7, 11) is 1.83. The van der Waals surface area contributed by atoms with E-state index in [1.54, 1.807) is 0 Å². The zero-order valence-corrected chi connectivity index (χ0v) is 14.7. The molecule has 6 heteroatoms. The van der Waals surface area contributed by atoms with Gasteiger partial charge >= 0.3 is 0 Å². The Balaban J connectivity index is 3.51. The van der Waals surface area contributed by atoms with Gasteiger partial charge in [-0.05, 0) is 33.2 Å². The van der Waals surface area contributed by atoms with Crippen molar-refractivity contribution < 1.29 is 14.3 Å². The standard InChI is InChI=1S/C17H33N3O3/c1-4-5-6-7-8-9-15(2)23-14-17(22)19-11-10-16(21)20-13-12-18-3/h4,15,18H,1,5-14H2,2-3H3,(H,19,22)(H,20,21). The lowest BCUT2D eigenvalue weighted by atomic mass is 10.1. The number of carbonyl (C=O) groups is 2. The van der Waals surface area contributed by atoms with Gasteiger partial charge in [0, 0.05) is 26.1 Å². The summed E-state index contributed by atoms with van der Waals surface area (Å²) < 4.78 is 5.51. The summed E-state index contributed by atoms with van der Waals surface area (Å²) in [4.78, 5) is 23.0. The second kappa shape index (κ2) is 15.5. The lowest BCUT2D eigenvalue weighted by Crippen LogP contribution is -2.35. The number of hydrogen-bond acceptors (Lipinski definition) is 4. The topological polar surface area (TPSA) is 79.5 Å². The SMILES string of the molecule is C=CCCCCCC(C)OCC(=O)NCCC(=O)NCCNC. The molecule has 1 unspecified atom stereocenters. The van der Waals surface area contributed by atoms with E-state index in [4.69, 9.17) is 4.74 Å². The molecule has 6 nitrogen and oxygen atoms in total. The summed E-state index contributed by atoms with van der Waals surface area (Å²) in [5, 5.41) is 8.39. The number of nitrogens with one attached hydrogen (secondary N) is 3. The zero-order valence-electron chi connectivity index (χ0n) is 14.7. The smallest absolute Gasteiger partial charge is 0.246 e. The molecule has 0 aromatic carbocycles. The van der Waals surface area contributed by atoms with Crippen molar-refractivity contribution in [2.24, 2.45) is 0 Å². The first-order valence-corrected chi connectivity index (χ1v) is 8.50. The molecular formula is C17H33N3O3. The fourth-order valence-corrected chi connectivity index (χ4v) is 1.98. The Morgan fingerprint density at radius 2 is 1.83 bits per heavy atom. The van der Waals surface area contributed by atoms with Crippen LogP contribution in [0.4, 0.5) is 0 Å². The third-order valence-corrected chi connectivity index (χ3v) is 3.39. The van der Waals surface area contributed by atoms with Gasteiger partial charge in [0.05, 0.1) is 6.10 Å². The molecule has 23 heavy (non-hydrogen) atoms. The van der Waals surface area contributed by atoms with Crippen LogP contribution < -0.4 is 16.0 Å². The molecule has 3 N–H and O–H groups in total. The zero-order chi connectivity index (χ0) is 17.3. The number of rotatable bonds is 15. The minimum absolute atomic E-state index is 0.0508. The van der Waals surface area contributed by atoms with Gasteiger partial charge in [0.25, 0.3) is 0 Å². The third-order valence-electron chi connectivity index (χ3n) is 3.39. The molecule has 2 amide bonds. The van der Waals surface area contributed by atoms with E-state index in [0.29, 0.717) is 13.1 Å². The highest BCUT2D eigenvalue weighted by atomic mass is 16.5. The van der Waals surface area contributed by atoms with Crippen molar-refractivity contribution in [1.82, 2.24) is 16.0 Å². The van der Waals surface area contributed by atoms with Crippen molar-refractivity contribution in [3.8, 4) is 0 Å². The van der Waals surface area contributed by atoms with Gasteiger partial charge in [0.1, 0.15) is 6.61 Å². The van der Waals surface area contributed by atoms with Gasteiger partial charge in [-0.3, -0.25) is 9.59 Å². The van der Waals surface area contributed by atoms with Crippen LogP contribution in [0.3, 0.4) is 0 Å². The van der Waals surface area contributed by atoms with Crippen LogP contribution in [0.25, 0.3) is 0 Å². The van der Waals surface area contributed by atoms with Gasteiger partial charge in [0.2, 0.25) is 11.8 Å². The van der Waals surface area contributed by atoms with E-state index in [1.807, 2.05) is 20.0 Å². The van der Waals surface area contributed by atoms with Crippen LogP contribution in [-0.4, -0.2) is 51.2 Å². The van der Waals surface area contributed by atoms with Gasteiger partial charge in [-0.1, -0.05) is 18.9 Å². The monoisotopic (exact) mass is 327 g/mol. The van der Waals surface area contributed by atoms with Crippen molar-refractivity contribution in [2.75, 3.05) is 33.3 Å². The van der Waals surface area contributed by atoms with Crippen molar-refractivity contribution >= 4 is 11.8 Å². The number of ether oxygens (including phenoxy) is 1. The predicted molar refractivity (Wildman–Crippen MR) is 93.3 cm³/mol.